The van der Waals surface area contributed by atoms with Crippen molar-refractivity contribution in [3.05, 3.63) is 66.4 Å². The summed E-state index contributed by atoms with van der Waals surface area (Å²) in [6.07, 6.45) is 1.81. The summed E-state index contributed by atoms with van der Waals surface area (Å²) in [5, 5.41) is 1.12. The van der Waals surface area contributed by atoms with Crippen LogP contribution in [0.4, 0.5) is 0 Å². The topological polar surface area (TPSA) is 40.6 Å². The van der Waals surface area contributed by atoms with Crippen LogP contribution in [-0.4, -0.2) is 23.3 Å². The molecule has 27 heavy (non-hydrogen) atoms. The molecule has 138 valence electrons. The molecular weight excluding hydrogens is 337 g/mol. The Morgan fingerprint density at radius 2 is 1.63 bits per heavy atom. The second-order valence-corrected chi connectivity index (χ2v) is 7.98. The van der Waals surface area contributed by atoms with Gasteiger partial charge in [0.2, 0.25) is 0 Å². The number of hydrogen-bond donors (Lipinski definition) is 0. The highest BCUT2D eigenvalue weighted by atomic mass is 16.7. The van der Waals surface area contributed by atoms with Gasteiger partial charge in [-0.1, -0.05) is 24.3 Å². The van der Waals surface area contributed by atoms with Gasteiger partial charge in [-0.15, -0.1) is 0 Å². The van der Waals surface area contributed by atoms with E-state index in [9.17, 15) is 0 Å². The van der Waals surface area contributed by atoms with Crippen molar-refractivity contribution in [3.63, 3.8) is 0 Å². The van der Waals surface area contributed by atoms with Gasteiger partial charge in [-0.3, -0.25) is 4.98 Å². The lowest BCUT2D eigenvalue weighted by atomic mass is 9.79. The number of pyridine rings is 1. The first-order valence-corrected chi connectivity index (χ1v) is 9.26. The van der Waals surface area contributed by atoms with Crippen LogP contribution in [0, 0.1) is 0 Å². The molecule has 1 saturated heterocycles. The van der Waals surface area contributed by atoms with Crippen molar-refractivity contribution in [1.82, 2.24) is 4.98 Å². The first-order valence-electron chi connectivity index (χ1n) is 9.26. The van der Waals surface area contributed by atoms with Crippen LogP contribution in [0.3, 0.4) is 0 Å². The molecule has 0 amide bonds. The predicted molar refractivity (Wildman–Crippen MR) is 108 cm³/mol. The van der Waals surface area contributed by atoms with Crippen LogP contribution in [0.5, 0.6) is 5.75 Å². The highest BCUT2D eigenvalue weighted by molar-refractivity contribution is 6.62. The summed E-state index contributed by atoms with van der Waals surface area (Å²) < 4.78 is 18.1. The Balaban J connectivity index is 1.42. The Hall–Kier alpha value is -2.37. The minimum Gasteiger partial charge on any atom is -0.489 e. The zero-order chi connectivity index (χ0) is 19.1. The molecule has 0 radical (unpaired) electrons. The average Bonchev–Trinajstić information content (AvgIpc) is 2.88. The SMILES string of the molecule is CC1(C)OB(c2ccc(OCc3ccc4ncccc4c3)cc2)OC1(C)C. The van der Waals surface area contributed by atoms with Gasteiger partial charge in [-0.2, -0.15) is 0 Å². The lowest BCUT2D eigenvalue weighted by Gasteiger charge is -2.32. The van der Waals surface area contributed by atoms with Gasteiger partial charge in [0.05, 0.1) is 16.7 Å². The fourth-order valence-corrected chi connectivity index (χ4v) is 3.08. The molecule has 0 saturated carbocycles. The Labute approximate surface area is 160 Å². The van der Waals surface area contributed by atoms with Crippen LogP contribution in [0.2, 0.25) is 0 Å². The first kappa shape index (κ1) is 18.0. The molecule has 4 nitrogen and oxygen atoms in total. The van der Waals surface area contributed by atoms with E-state index in [1.165, 1.54) is 0 Å². The van der Waals surface area contributed by atoms with Crippen LogP contribution < -0.4 is 10.2 Å². The third-order valence-electron chi connectivity index (χ3n) is 5.48. The number of nitrogens with zero attached hydrogens (tertiary/aromatic N) is 1. The van der Waals surface area contributed by atoms with Gasteiger partial charge in [-0.25, -0.2) is 0 Å². The molecule has 5 heteroatoms. The molecule has 3 aromatic rings. The number of fused-ring (bicyclic) bond motifs is 1. The molecule has 2 aromatic carbocycles. The van der Waals surface area contributed by atoms with E-state index in [1.54, 1.807) is 6.20 Å². The summed E-state index contributed by atoms with van der Waals surface area (Å²) in [5.41, 5.74) is 2.44. The van der Waals surface area contributed by atoms with Crippen LogP contribution in [0.1, 0.15) is 33.3 Å². The van der Waals surface area contributed by atoms with Crippen LogP contribution in [0.25, 0.3) is 10.9 Å². The normalized spacial score (nSPS) is 18.0. The van der Waals surface area contributed by atoms with E-state index in [-0.39, 0.29) is 18.3 Å². The minimum absolute atomic E-state index is 0.336. The second-order valence-electron chi connectivity index (χ2n) is 7.98. The standard InChI is InChI=1S/C22H24BNO3/c1-21(2)22(3,4)27-23(26-21)18-8-10-19(11-9-18)25-15-16-7-12-20-17(14-16)6-5-13-24-20/h5-14H,15H2,1-4H3. The summed E-state index contributed by atoms with van der Waals surface area (Å²) in [4.78, 5) is 4.34. The Kier molecular flexibility index (Phi) is 4.45. The molecule has 0 unspecified atom stereocenters. The van der Waals surface area contributed by atoms with Crippen LogP contribution >= 0.6 is 0 Å². The number of benzene rings is 2. The zero-order valence-corrected chi connectivity index (χ0v) is 16.2. The van der Waals surface area contributed by atoms with Gasteiger partial charge < -0.3 is 14.0 Å². The molecule has 0 bridgehead atoms. The molecule has 0 spiro atoms. The molecular formula is C22H24BNO3. The van der Waals surface area contributed by atoms with Crippen molar-refractivity contribution < 1.29 is 14.0 Å². The molecule has 1 fully saturated rings. The average molecular weight is 361 g/mol. The summed E-state index contributed by atoms with van der Waals surface area (Å²) in [7, 11) is -0.350. The largest absolute Gasteiger partial charge is 0.494 e. The maximum atomic E-state index is 6.09. The Bertz CT molecular complexity index is 937. The molecule has 4 rings (SSSR count). The van der Waals surface area contributed by atoms with Crippen LogP contribution in [-0.2, 0) is 15.9 Å². The summed E-state index contributed by atoms with van der Waals surface area (Å²) >= 11 is 0. The number of rotatable bonds is 4. The summed E-state index contributed by atoms with van der Waals surface area (Å²) in [6.45, 7) is 8.75. The first-order chi connectivity index (χ1) is 12.8. The van der Waals surface area contributed by atoms with Gasteiger partial charge in [0.1, 0.15) is 12.4 Å². The lowest BCUT2D eigenvalue weighted by Crippen LogP contribution is -2.41. The highest BCUT2D eigenvalue weighted by Crippen LogP contribution is 2.36. The predicted octanol–water partition coefficient (Wildman–Crippen LogP) is 4.11. The van der Waals surface area contributed by atoms with Crippen molar-refractivity contribution in [2.45, 2.75) is 45.5 Å². The van der Waals surface area contributed by atoms with E-state index in [4.69, 9.17) is 14.0 Å². The molecule has 2 heterocycles. The smallest absolute Gasteiger partial charge is 0.489 e. The third kappa shape index (κ3) is 3.57. The van der Waals surface area contributed by atoms with E-state index in [0.29, 0.717) is 6.61 Å². The number of hydrogen-bond acceptors (Lipinski definition) is 4. The van der Waals surface area contributed by atoms with Gasteiger partial charge in [0.15, 0.2) is 0 Å². The van der Waals surface area contributed by atoms with Gasteiger partial charge in [0, 0.05) is 11.6 Å². The van der Waals surface area contributed by atoms with E-state index < -0.39 is 0 Å². The van der Waals surface area contributed by atoms with Gasteiger partial charge in [-0.05, 0) is 69.1 Å². The van der Waals surface area contributed by atoms with Gasteiger partial charge >= 0.3 is 7.12 Å². The molecule has 0 N–H and O–H groups in total. The number of ether oxygens (including phenoxy) is 1. The van der Waals surface area contributed by atoms with Crippen molar-refractivity contribution in [2.75, 3.05) is 0 Å². The fourth-order valence-electron chi connectivity index (χ4n) is 3.08. The number of aromatic nitrogens is 1. The molecule has 0 atom stereocenters. The molecule has 1 aromatic heterocycles. The third-order valence-corrected chi connectivity index (χ3v) is 5.48. The van der Waals surface area contributed by atoms with Crippen molar-refractivity contribution >= 4 is 23.5 Å². The Morgan fingerprint density at radius 1 is 0.926 bits per heavy atom. The summed E-state index contributed by atoms with van der Waals surface area (Å²) in [6, 6.07) is 18.1. The van der Waals surface area contributed by atoms with Gasteiger partial charge in [0.25, 0.3) is 0 Å². The van der Waals surface area contributed by atoms with Crippen LogP contribution in [0.15, 0.2) is 60.8 Å². The van der Waals surface area contributed by atoms with Crippen molar-refractivity contribution in [1.29, 1.82) is 0 Å². The van der Waals surface area contributed by atoms with E-state index in [1.807, 2.05) is 42.5 Å². The fraction of sp³-hybridized carbons (Fsp3) is 0.318. The maximum Gasteiger partial charge on any atom is 0.494 e. The monoisotopic (exact) mass is 361 g/mol. The van der Waals surface area contributed by atoms with E-state index >= 15 is 0 Å². The second kappa shape index (κ2) is 6.66. The molecule has 1 aliphatic rings. The maximum absolute atomic E-state index is 6.09. The zero-order valence-electron chi connectivity index (χ0n) is 16.2. The summed E-state index contributed by atoms with van der Waals surface area (Å²) in [5.74, 6) is 0.821. The quantitative estimate of drug-likeness (QED) is 0.656. The Morgan fingerprint density at radius 3 is 2.33 bits per heavy atom. The highest BCUT2D eigenvalue weighted by Gasteiger charge is 2.51. The lowest BCUT2D eigenvalue weighted by molar-refractivity contribution is 0.00578. The molecule has 1 aliphatic heterocycles. The van der Waals surface area contributed by atoms with Crippen molar-refractivity contribution in [3.8, 4) is 5.75 Å². The minimum atomic E-state index is -0.350. The van der Waals surface area contributed by atoms with E-state index in [0.717, 1.165) is 27.7 Å². The molecule has 0 aliphatic carbocycles. The van der Waals surface area contributed by atoms with E-state index in [2.05, 4.69) is 44.8 Å². The van der Waals surface area contributed by atoms with Crippen molar-refractivity contribution in [2.24, 2.45) is 0 Å².